The number of alkyl halides is 3. The summed E-state index contributed by atoms with van der Waals surface area (Å²) in [7, 11) is 0. The minimum absolute atomic E-state index is 0.0732. The zero-order valence-corrected chi connectivity index (χ0v) is 17.5. The van der Waals surface area contributed by atoms with Gasteiger partial charge >= 0.3 is 6.18 Å². The smallest absolute Gasteiger partial charge is 0.417 e. The number of amides is 1. The molecule has 1 amide bonds. The molecule has 1 saturated heterocycles. The van der Waals surface area contributed by atoms with Gasteiger partial charge in [-0.2, -0.15) is 13.2 Å². The number of aromatic nitrogens is 2. The van der Waals surface area contributed by atoms with Gasteiger partial charge in [-0.3, -0.25) is 9.78 Å². The van der Waals surface area contributed by atoms with Crippen LogP contribution in [0.3, 0.4) is 0 Å². The molecule has 0 radical (unpaired) electrons. The molecule has 0 aromatic carbocycles. The number of piperidine rings is 1. The van der Waals surface area contributed by atoms with Crippen molar-refractivity contribution < 1.29 is 22.7 Å². The Kier molecular flexibility index (Phi) is 4.34. The number of ether oxygens (including phenoxy) is 1. The molecule has 4 unspecified atom stereocenters. The molecule has 3 fully saturated rings. The molecule has 1 N–H and O–H groups in total. The SMILES string of the molecule is O=C(C1=C(c2ccccn2)NCC=C1)N1CC2CC23CC(Oc2ccc(C(F)(F)F)cn2)C13. The van der Waals surface area contributed by atoms with Crippen LogP contribution in [0.15, 0.2) is 60.5 Å². The van der Waals surface area contributed by atoms with E-state index >= 15 is 0 Å². The highest BCUT2D eigenvalue weighted by molar-refractivity contribution is 6.04. The topological polar surface area (TPSA) is 67.4 Å². The quantitative estimate of drug-likeness (QED) is 0.767. The van der Waals surface area contributed by atoms with Gasteiger partial charge in [0.1, 0.15) is 6.10 Å². The van der Waals surface area contributed by atoms with Crippen molar-refractivity contribution in [3.05, 3.63) is 71.7 Å². The summed E-state index contributed by atoms with van der Waals surface area (Å²) in [6, 6.07) is 7.68. The molecule has 2 aromatic heterocycles. The summed E-state index contributed by atoms with van der Waals surface area (Å²) < 4.78 is 44.4. The molecule has 2 aromatic rings. The van der Waals surface area contributed by atoms with Crippen LogP contribution in [0.25, 0.3) is 5.70 Å². The van der Waals surface area contributed by atoms with E-state index in [4.69, 9.17) is 4.74 Å². The molecule has 4 atom stereocenters. The van der Waals surface area contributed by atoms with Gasteiger partial charge in [0, 0.05) is 37.0 Å². The molecular formula is C24H21F3N4O2. The molecule has 2 aliphatic carbocycles. The fraction of sp³-hybridized carbons (Fsp3) is 0.375. The molecule has 6 rings (SSSR count). The molecule has 4 aliphatic rings. The van der Waals surface area contributed by atoms with Gasteiger partial charge in [0.25, 0.3) is 5.91 Å². The van der Waals surface area contributed by atoms with Crippen molar-refractivity contribution in [1.29, 1.82) is 0 Å². The van der Waals surface area contributed by atoms with Crippen LogP contribution in [-0.4, -0.2) is 46.0 Å². The maximum atomic E-state index is 13.6. The lowest BCUT2D eigenvalue weighted by atomic mass is 9.73. The Balaban J connectivity index is 1.24. The number of dihydropyridines is 1. The lowest BCUT2D eigenvalue weighted by Crippen LogP contribution is -2.59. The Labute approximate surface area is 188 Å². The normalized spacial score (nSPS) is 29.7. The second kappa shape index (κ2) is 7.07. The third kappa shape index (κ3) is 3.20. The van der Waals surface area contributed by atoms with Crippen molar-refractivity contribution in [3.63, 3.8) is 0 Å². The Morgan fingerprint density at radius 1 is 1.18 bits per heavy atom. The van der Waals surface area contributed by atoms with Gasteiger partial charge in [-0.1, -0.05) is 12.1 Å². The standard InChI is InChI=1S/C24H21F3N4O2/c25-24(26,27)14-6-7-19(30-12-14)33-18-11-23-10-15(23)13-31(21(18)23)22(32)16-4-3-9-29-20(16)17-5-1-2-8-28-17/h1-8,12,15,18,21,29H,9-11,13H2. The second-order valence-electron chi connectivity index (χ2n) is 9.07. The first-order chi connectivity index (χ1) is 15.9. The zero-order valence-electron chi connectivity index (χ0n) is 17.5. The molecule has 2 saturated carbocycles. The van der Waals surface area contributed by atoms with Gasteiger partial charge in [0.15, 0.2) is 0 Å². The third-order valence-electron chi connectivity index (χ3n) is 7.25. The van der Waals surface area contributed by atoms with Gasteiger partial charge in [0.05, 0.1) is 28.6 Å². The summed E-state index contributed by atoms with van der Waals surface area (Å²) in [4.78, 5) is 23.8. The fourth-order valence-corrected chi connectivity index (χ4v) is 5.61. The van der Waals surface area contributed by atoms with Crippen LogP contribution in [-0.2, 0) is 11.0 Å². The minimum Gasteiger partial charge on any atom is -0.472 e. The van der Waals surface area contributed by atoms with E-state index < -0.39 is 11.7 Å². The highest BCUT2D eigenvalue weighted by Gasteiger charge is 2.76. The molecule has 170 valence electrons. The first kappa shape index (κ1) is 20.3. The summed E-state index contributed by atoms with van der Waals surface area (Å²) >= 11 is 0. The zero-order chi connectivity index (χ0) is 22.8. The monoisotopic (exact) mass is 454 g/mol. The average molecular weight is 454 g/mol. The van der Waals surface area contributed by atoms with E-state index in [0.29, 0.717) is 36.0 Å². The number of likely N-dealkylation sites (tertiary alicyclic amines) is 1. The summed E-state index contributed by atoms with van der Waals surface area (Å²) in [5, 5.41) is 3.27. The Hall–Kier alpha value is -3.36. The predicted molar refractivity (Wildman–Crippen MR) is 113 cm³/mol. The van der Waals surface area contributed by atoms with Crippen molar-refractivity contribution in [1.82, 2.24) is 20.2 Å². The van der Waals surface area contributed by atoms with Gasteiger partial charge in [-0.25, -0.2) is 4.98 Å². The Bertz CT molecular complexity index is 1160. The van der Waals surface area contributed by atoms with Crippen LogP contribution in [0.2, 0.25) is 0 Å². The van der Waals surface area contributed by atoms with Gasteiger partial charge < -0.3 is 15.0 Å². The first-order valence-electron chi connectivity index (χ1n) is 10.9. The third-order valence-corrected chi connectivity index (χ3v) is 7.25. The number of halogens is 3. The predicted octanol–water partition coefficient (Wildman–Crippen LogP) is 3.43. The molecule has 1 spiro atoms. The van der Waals surface area contributed by atoms with Crippen molar-refractivity contribution in [2.24, 2.45) is 11.3 Å². The van der Waals surface area contributed by atoms with Gasteiger partial charge in [-0.15, -0.1) is 0 Å². The summed E-state index contributed by atoms with van der Waals surface area (Å²) in [5.74, 6) is 0.516. The number of nitrogens with zero attached hydrogens (tertiary/aromatic N) is 3. The summed E-state index contributed by atoms with van der Waals surface area (Å²) in [6.07, 6.45) is 3.34. The van der Waals surface area contributed by atoms with Crippen molar-refractivity contribution in [2.45, 2.75) is 31.2 Å². The number of hydrogen-bond donors (Lipinski definition) is 1. The molecule has 0 bridgehead atoms. The van der Waals surface area contributed by atoms with E-state index in [1.165, 1.54) is 6.07 Å². The van der Waals surface area contributed by atoms with E-state index in [1.54, 1.807) is 6.20 Å². The van der Waals surface area contributed by atoms with Crippen LogP contribution in [0.1, 0.15) is 24.1 Å². The average Bonchev–Trinajstić information content (AvgIpc) is 3.47. The lowest BCUT2D eigenvalue weighted by Gasteiger charge is -2.47. The number of rotatable bonds is 4. The van der Waals surface area contributed by atoms with Crippen LogP contribution < -0.4 is 10.1 Å². The maximum Gasteiger partial charge on any atom is 0.417 e. The van der Waals surface area contributed by atoms with E-state index in [9.17, 15) is 18.0 Å². The van der Waals surface area contributed by atoms with Crippen LogP contribution in [0, 0.1) is 11.3 Å². The number of carbonyl (C=O) groups excluding carboxylic acids is 1. The molecule has 2 aliphatic heterocycles. The molecule has 4 heterocycles. The fourth-order valence-electron chi connectivity index (χ4n) is 5.61. The minimum atomic E-state index is -4.44. The largest absolute Gasteiger partial charge is 0.472 e. The molecule has 9 heteroatoms. The van der Waals surface area contributed by atoms with Crippen molar-refractivity contribution in [2.75, 3.05) is 13.1 Å². The second-order valence-corrected chi connectivity index (χ2v) is 9.07. The molecular weight excluding hydrogens is 433 g/mol. The summed E-state index contributed by atoms with van der Waals surface area (Å²) in [5.41, 5.74) is 1.24. The van der Waals surface area contributed by atoms with E-state index in [-0.39, 0.29) is 29.3 Å². The van der Waals surface area contributed by atoms with Crippen LogP contribution in [0.4, 0.5) is 13.2 Å². The highest BCUT2D eigenvalue weighted by atomic mass is 19.4. The maximum absolute atomic E-state index is 13.6. The van der Waals surface area contributed by atoms with Crippen LogP contribution >= 0.6 is 0 Å². The molecule has 33 heavy (non-hydrogen) atoms. The lowest BCUT2D eigenvalue weighted by molar-refractivity contribution is -0.138. The Morgan fingerprint density at radius 2 is 2.06 bits per heavy atom. The van der Waals surface area contributed by atoms with Crippen molar-refractivity contribution >= 4 is 11.6 Å². The highest BCUT2D eigenvalue weighted by Crippen LogP contribution is 2.71. The van der Waals surface area contributed by atoms with E-state index in [1.807, 2.05) is 35.3 Å². The summed E-state index contributed by atoms with van der Waals surface area (Å²) in [6.45, 7) is 1.28. The van der Waals surface area contributed by atoms with Crippen LogP contribution in [0.5, 0.6) is 5.88 Å². The van der Waals surface area contributed by atoms with E-state index in [0.717, 1.165) is 25.1 Å². The van der Waals surface area contributed by atoms with Gasteiger partial charge in [-0.05, 0) is 43.0 Å². The Morgan fingerprint density at radius 3 is 2.79 bits per heavy atom. The number of carbonyl (C=O) groups is 1. The molecule has 6 nitrogen and oxygen atoms in total. The first-order valence-corrected chi connectivity index (χ1v) is 10.9. The van der Waals surface area contributed by atoms with Gasteiger partial charge in [0.2, 0.25) is 5.88 Å². The van der Waals surface area contributed by atoms with Crippen molar-refractivity contribution in [3.8, 4) is 5.88 Å². The number of hydrogen-bond acceptors (Lipinski definition) is 5. The van der Waals surface area contributed by atoms with E-state index in [2.05, 4.69) is 15.3 Å². The number of pyridine rings is 2. The number of nitrogens with one attached hydrogen (secondary N) is 1.